The molecule has 4 nitrogen and oxygen atoms in total. The van der Waals surface area contributed by atoms with Crippen LogP contribution in [0.4, 0.5) is 11.6 Å². The number of aromatic nitrogens is 2. The Morgan fingerprint density at radius 3 is 2.69 bits per heavy atom. The van der Waals surface area contributed by atoms with Crippen molar-refractivity contribution >= 4 is 11.6 Å². The second-order valence-corrected chi connectivity index (χ2v) is 2.49. The zero-order chi connectivity index (χ0) is 9.52. The van der Waals surface area contributed by atoms with E-state index in [9.17, 15) is 0 Å². The number of rotatable bonds is 5. The fraction of sp³-hybridized carbons (Fsp3) is 0.333. The number of hydrogen-bond donors (Lipinski definition) is 2. The van der Waals surface area contributed by atoms with Crippen LogP contribution in [-0.4, -0.2) is 23.1 Å². The van der Waals surface area contributed by atoms with Crippen molar-refractivity contribution < 1.29 is 0 Å². The van der Waals surface area contributed by atoms with Gasteiger partial charge in [0.1, 0.15) is 18.0 Å². The van der Waals surface area contributed by atoms with Crippen molar-refractivity contribution in [2.45, 2.75) is 6.92 Å². The van der Waals surface area contributed by atoms with Gasteiger partial charge in [0.2, 0.25) is 0 Å². The van der Waals surface area contributed by atoms with Crippen LogP contribution >= 0.6 is 0 Å². The molecule has 1 aromatic rings. The summed E-state index contributed by atoms with van der Waals surface area (Å²) in [6.45, 7) is 7.21. The van der Waals surface area contributed by atoms with Crippen molar-refractivity contribution in [3.8, 4) is 0 Å². The molecule has 0 aromatic carbocycles. The topological polar surface area (TPSA) is 49.8 Å². The lowest BCUT2D eigenvalue weighted by Gasteiger charge is -2.04. The molecule has 0 saturated carbocycles. The van der Waals surface area contributed by atoms with Crippen LogP contribution in [0.1, 0.15) is 6.92 Å². The van der Waals surface area contributed by atoms with E-state index in [0.29, 0.717) is 6.54 Å². The Kier molecular flexibility index (Phi) is 3.75. The molecule has 0 aliphatic carbocycles. The van der Waals surface area contributed by atoms with Crippen molar-refractivity contribution in [1.82, 2.24) is 9.97 Å². The number of anilines is 2. The van der Waals surface area contributed by atoms with Gasteiger partial charge in [-0.3, -0.25) is 0 Å². The average molecular weight is 178 g/mol. The van der Waals surface area contributed by atoms with Crippen LogP contribution in [0.2, 0.25) is 0 Å². The molecule has 13 heavy (non-hydrogen) atoms. The monoisotopic (exact) mass is 178 g/mol. The maximum atomic E-state index is 4.05. The number of nitrogens with zero attached hydrogens (tertiary/aromatic N) is 2. The molecule has 2 N–H and O–H groups in total. The van der Waals surface area contributed by atoms with Crippen LogP contribution in [0.5, 0.6) is 0 Å². The molecule has 0 aliphatic heterocycles. The highest BCUT2D eigenvalue weighted by molar-refractivity contribution is 5.46. The predicted octanol–water partition coefficient (Wildman–Crippen LogP) is 1.51. The second kappa shape index (κ2) is 5.13. The SMILES string of the molecule is C=CCNc1cc(NCC)ncn1. The first-order chi connectivity index (χ1) is 6.36. The molecule has 0 unspecified atom stereocenters. The molecule has 1 heterocycles. The highest BCUT2D eigenvalue weighted by Gasteiger charge is 1.94. The summed E-state index contributed by atoms with van der Waals surface area (Å²) >= 11 is 0. The summed E-state index contributed by atoms with van der Waals surface area (Å²) in [7, 11) is 0. The first-order valence-electron chi connectivity index (χ1n) is 4.27. The van der Waals surface area contributed by atoms with E-state index < -0.39 is 0 Å². The molecule has 0 aliphatic rings. The lowest BCUT2D eigenvalue weighted by atomic mass is 10.5. The number of nitrogens with one attached hydrogen (secondary N) is 2. The molecule has 0 saturated heterocycles. The Hall–Kier alpha value is -1.58. The summed E-state index contributed by atoms with van der Waals surface area (Å²) in [6.07, 6.45) is 3.32. The van der Waals surface area contributed by atoms with E-state index in [4.69, 9.17) is 0 Å². The Labute approximate surface area is 78.1 Å². The van der Waals surface area contributed by atoms with Gasteiger partial charge in [-0.2, -0.15) is 0 Å². The first kappa shape index (κ1) is 9.51. The van der Waals surface area contributed by atoms with Gasteiger partial charge in [-0.15, -0.1) is 6.58 Å². The van der Waals surface area contributed by atoms with Gasteiger partial charge in [-0.25, -0.2) is 9.97 Å². The standard InChI is InChI=1S/C9H14N4/c1-3-5-11-9-6-8(10-4-2)12-7-13-9/h3,6-7H,1,4-5H2,2H3,(H2,10,11,12,13). The Bertz CT molecular complexity index is 272. The van der Waals surface area contributed by atoms with Crippen LogP contribution in [0, 0.1) is 0 Å². The normalized spacial score (nSPS) is 9.31. The Morgan fingerprint density at radius 2 is 2.08 bits per heavy atom. The zero-order valence-electron chi connectivity index (χ0n) is 7.75. The van der Waals surface area contributed by atoms with Gasteiger partial charge in [0.05, 0.1) is 0 Å². The highest BCUT2D eigenvalue weighted by atomic mass is 15.1. The lowest BCUT2D eigenvalue weighted by molar-refractivity contribution is 1.10. The Morgan fingerprint density at radius 1 is 1.38 bits per heavy atom. The van der Waals surface area contributed by atoms with Gasteiger partial charge in [0.25, 0.3) is 0 Å². The minimum Gasteiger partial charge on any atom is -0.370 e. The summed E-state index contributed by atoms with van der Waals surface area (Å²) in [5.41, 5.74) is 0. The molecule has 0 fully saturated rings. The average Bonchev–Trinajstić information content (AvgIpc) is 2.16. The maximum Gasteiger partial charge on any atom is 0.131 e. The summed E-state index contributed by atoms with van der Waals surface area (Å²) in [6, 6.07) is 1.87. The predicted molar refractivity (Wildman–Crippen MR) is 54.9 cm³/mol. The van der Waals surface area contributed by atoms with Crippen LogP contribution in [0.25, 0.3) is 0 Å². The molecule has 4 heteroatoms. The maximum absolute atomic E-state index is 4.05. The van der Waals surface area contributed by atoms with E-state index in [2.05, 4.69) is 27.2 Å². The van der Waals surface area contributed by atoms with Crippen molar-refractivity contribution in [2.75, 3.05) is 23.7 Å². The molecular formula is C9H14N4. The van der Waals surface area contributed by atoms with E-state index in [1.54, 1.807) is 6.08 Å². The quantitative estimate of drug-likeness (QED) is 0.671. The summed E-state index contributed by atoms with van der Waals surface area (Å²) < 4.78 is 0. The third-order valence-electron chi connectivity index (χ3n) is 1.45. The van der Waals surface area contributed by atoms with Crippen LogP contribution in [0.15, 0.2) is 25.0 Å². The minimum absolute atomic E-state index is 0.711. The van der Waals surface area contributed by atoms with Crippen LogP contribution < -0.4 is 10.6 Å². The largest absolute Gasteiger partial charge is 0.370 e. The van der Waals surface area contributed by atoms with Gasteiger partial charge < -0.3 is 10.6 Å². The van der Waals surface area contributed by atoms with Gasteiger partial charge in [-0.05, 0) is 6.92 Å². The second-order valence-electron chi connectivity index (χ2n) is 2.49. The smallest absolute Gasteiger partial charge is 0.131 e. The van der Waals surface area contributed by atoms with Gasteiger partial charge in [0.15, 0.2) is 0 Å². The van der Waals surface area contributed by atoms with Crippen LogP contribution in [-0.2, 0) is 0 Å². The van der Waals surface area contributed by atoms with E-state index >= 15 is 0 Å². The van der Waals surface area contributed by atoms with Crippen molar-refractivity contribution in [3.05, 3.63) is 25.0 Å². The van der Waals surface area contributed by atoms with Crippen LogP contribution in [0.3, 0.4) is 0 Å². The molecule has 0 amide bonds. The van der Waals surface area contributed by atoms with E-state index in [1.807, 2.05) is 13.0 Å². The molecule has 0 radical (unpaired) electrons. The lowest BCUT2D eigenvalue weighted by Crippen LogP contribution is -2.04. The molecule has 0 bridgehead atoms. The number of hydrogen-bond acceptors (Lipinski definition) is 4. The minimum atomic E-state index is 0.711. The zero-order valence-corrected chi connectivity index (χ0v) is 7.75. The first-order valence-corrected chi connectivity index (χ1v) is 4.27. The van der Waals surface area contributed by atoms with Gasteiger partial charge in [0, 0.05) is 19.2 Å². The van der Waals surface area contributed by atoms with Crippen molar-refractivity contribution in [2.24, 2.45) is 0 Å². The third-order valence-corrected chi connectivity index (χ3v) is 1.45. The van der Waals surface area contributed by atoms with Gasteiger partial charge >= 0.3 is 0 Å². The van der Waals surface area contributed by atoms with Gasteiger partial charge in [-0.1, -0.05) is 6.08 Å². The summed E-state index contributed by atoms with van der Waals surface area (Å²) in [4.78, 5) is 8.10. The molecule has 0 spiro atoms. The summed E-state index contributed by atoms with van der Waals surface area (Å²) in [5, 5.41) is 6.19. The van der Waals surface area contributed by atoms with E-state index in [1.165, 1.54) is 6.33 Å². The highest BCUT2D eigenvalue weighted by Crippen LogP contribution is 2.07. The molecule has 70 valence electrons. The van der Waals surface area contributed by atoms with Crippen molar-refractivity contribution in [3.63, 3.8) is 0 Å². The third kappa shape index (κ3) is 3.11. The molecule has 1 rings (SSSR count). The summed E-state index contributed by atoms with van der Waals surface area (Å²) in [5.74, 6) is 1.65. The van der Waals surface area contributed by atoms with Crippen molar-refractivity contribution in [1.29, 1.82) is 0 Å². The fourth-order valence-electron chi connectivity index (χ4n) is 0.909. The van der Waals surface area contributed by atoms with E-state index in [0.717, 1.165) is 18.2 Å². The molecule has 1 aromatic heterocycles. The molecular weight excluding hydrogens is 164 g/mol. The Balaban J connectivity index is 2.61. The van der Waals surface area contributed by atoms with E-state index in [-0.39, 0.29) is 0 Å². The fourth-order valence-corrected chi connectivity index (χ4v) is 0.909. The molecule has 0 atom stereocenters.